The van der Waals surface area contributed by atoms with Crippen LogP contribution in [0.1, 0.15) is 52.1 Å². The first-order valence-corrected chi connectivity index (χ1v) is 18.5. The molecule has 1 heterocycles. The van der Waals surface area contributed by atoms with Crippen LogP contribution in [0, 0.1) is 17.8 Å². The molecule has 0 bridgehead atoms. The molecule has 0 aliphatic carbocycles. The highest BCUT2D eigenvalue weighted by molar-refractivity contribution is 5.95. The average Bonchev–Trinajstić information content (AvgIpc) is 3.70. The number of carbonyl (C=O) groups is 6. The Morgan fingerprint density at radius 2 is 1.35 bits per heavy atom. The molecule has 14 nitrogen and oxygen atoms in total. The van der Waals surface area contributed by atoms with E-state index < -0.39 is 36.1 Å². The van der Waals surface area contributed by atoms with E-state index in [0.717, 1.165) is 11.1 Å². The molecule has 6 amide bonds. The second-order valence-electron chi connectivity index (χ2n) is 13.7. The lowest BCUT2D eigenvalue weighted by molar-refractivity contribution is -0.136. The van der Waals surface area contributed by atoms with E-state index in [4.69, 9.17) is 4.74 Å². The molecule has 4 rings (SSSR count). The van der Waals surface area contributed by atoms with E-state index in [1.807, 2.05) is 82.3 Å². The zero-order chi connectivity index (χ0) is 40.1. The molecule has 0 saturated carbocycles. The number of nitrogens with one attached hydrogen (secondary N) is 4. The van der Waals surface area contributed by atoms with Gasteiger partial charge in [0.2, 0.25) is 23.6 Å². The highest BCUT2D eigenvalue weighted by Crippen LogP contribution is 2.26. The molecular formula is C41H52N6O8. The summed E-state index contributed by atoms with van der Waals surface area (Å²) in [7, 11) is 2.48. The molecule has 3 aromatic carbocycles. The molecule has 0 aromatic heterocycles. The lowest BCUT2D eigenvalue weighted by Crippen LogP contribution is -2.52. The van der Waals surface area contributed by atoms with Crippen molar-refractivity contribution in [2.45, 2.75) is 52.6 Å². The number of ether oxygens (including phenoxy) is 2. The predicted molar refractivity (Wildman–Crippen MR) is 209 cm³/mol. The van der Waals surface area contributed by atoms with E-state index in [2.05, 4.69) is 26.0 Å². The summed E-state index contributed by atoms with van der Waals surface area (Å²) >= 11 is 0. The van der Waals surface area contributed by atoms with Gasteiger partial charge in [-0.05, 0) is 66.6 Å². The molecule has 0 radical (unpaired) electrons. The number of rotatable bonds is 15. The van der Waals surface area contributed by atoms with Crippen molar-refractivity contribution in [3.05, 3.63) is 84.4 Å². The minimum Gasteiger partial charge on any atom is -0.453 e. The molecule has 14 heteroatoms. The van der Waals surface area contributed by atoms with Crippen molar-refractivity contribution < 1.29 is 38.2 Å². The van der Waals surface area contributed by atoms with E-state index in [1.165, 1.54) is 14.2 Å². The summed E-state index contributed by atoms with van der Waals surface area (Å²) in [5.74, 6) is -2.07. The smallest absolute Gasteiger partial charge is 0.407 e. The molecule has 1 aliphatic rings. The summed E-state index contributed by atoms with van der Waals surface area (Å²) in [5, 5.41) is 11.1. The SMILES string of the molecule is CC[C@@H](CN(CC)C(=O)[C@@H](NC(=O)OC)C(C)C)C(=O)Nc1ccc(-c2ccc(NC(=O)[C@@H]3CCN(C(=O)[C@H](NC(=O)OC)c4ccccc4)C3)cc2)cc1. The monoisotopic (exact) mass is 756 g/mol. The summed E-state index contributed by atoms with van der Waals surface area (Å²) in [5.41, 5.74) is 3.65. The Hall–Kier alpha value is -5.92. The first-order chi connectivity index (χ1) is 26.4. The molecule has 294 valence electrons. The largest absolute Gasteiger partial charge is 0.453 e. The number of hydrogen-bond donors (Lipinski definition) is 4. The molecule has 55 heavy (non-hydrogen) atoms. The van der Waals surface area contributed by atoms with Crippen LogP contribution in [0.5, 0.6) is 0 Å². The minimum atomic E-state index is -0.933. The molecule has 1 saturated heterocycles. The number of alkyl carbamates (subject to hydrolysis) is 2. The number of methoxy groups -OCH3 is 2. The van der Waals surface area contributed by atoms with Gasteiger partial charge in [0.1, 0.15) is 12.1 Å². The quantitative estimate of drug-likeness (QED) is 0.159. The van der Waals surface area contributed by atoms with Crippen molar-refractivity contribution in [1.82, 2.24) is 20.4 Å². The van der Waals surface area contributed by atoms with Gasteiger partial charge in [0, 0.05) is 37.6 Å². The lowest BCUT2D eigenvalue weighted by Gasteiger charge is -2.31. The van der Waals surface area contributed by atoms with Gasteiger partial charge in [0.05, 0.1) is 26.1 Å². The van der Waals surface area contributed by atoms with Gasteiger partial charge in [-0.25, -0.2) is 9.59 Å². The number of likely N-dealkylation sites (tertiary alicyclic amines) is 1. The fourth-order valence-electron chi connectivity index (χ4n) is 6.38. The van der Waals surface area contributed by atoms with Crippen molar-refractivity contribution >= 4 is 47.2 Å². The Balaban J connectivity index is 1.31. The van der Waals surface area contributed by atoms with Crippen LogP contribution in [-0.2, 0) is 28.7 Å². The van der Waals surface area contributed by atoms with E-state index in [1.54, 1.807) is 34.1 Å². The van der Waals surface area contributed by atoms with Crippen LogP contribution in [0.15, 0.2) is 78.9 Å². The van der Waals surface area contributed by atoms with Gasteiger partial charge in [0.15, 0.2) is 0 Å². The van der Waals surface area contributed by atoms with E-state index in [0.29, 0.717) is 42.9 Å². The Kier molecular flexibility index (Phi) is 15.2. The number of amides is 6. The van der Waals surface area contributed by atoms with Crippen LogP contribution in [0.2, 0.25) is 0 Å². The van der Waals surface area contributed by atoms with Crippen LogP contribution < -0.4 is 21.3 Å². The molecule has 0 unspecified atom stereocenters. The molecule has 1 fully saturated rings. The summed E-state index contributed by atoms with van der Waals surface area (Å²) in [6.45, 7) is 8.57. The number of benzene rings is 3. The molecule has 4 N–H and O–H groups in total. The van der Waals surface area contributed by atoms with Gasteiger partial charge in [0.25, 0.3) is 0 Å². The van der Waals surface area contributed by atoms with Crippen molar-refractivity contribution in [2.24, 2.45) is 17.8 Å². The Morgan fingerprint density at radius 1 is 0.782 bits per heavy atom. The predicted octanol–water partition coefficient (Wildman–Crippen LogP) is 5.43. The number of nitrogens with zero attached hydrogens (tertiary/aromatic N) is 2. The topological polar surface area (TPSA) is 175 Å². The maximum absolute atomic E-state index is 13.4. The van der Waals surface area contributed by atoms with Gasteiger partial charge in [-0.1, -0.05) is 75.4 Å². The summed E-state index contributed by atoms with van der Waals surface area (Å²) in [6.07, 6.45) is -0.415. The first-order valence-electron chi connectivity index (χ1n) is 18.5. The first kappa shape index (κ1) is 41.8. The Bertz CT molecular complexity index is 1780. The van der Waals surface area contributed by atoms with Crippen molar-refractivity contribution in [3.63, 3.8) is 0 Å². The molecule has 3 aromatic rings. The fraction of sp³-hybridized carbons (Fsp3) is 0.415. The second-order valence-corrected chi connectivity index (χ2v) is 13.7. The van der Waals surface area contributed by atoms with E-state index >= 15 is 0 Å². The fourth-order valence-corrected chi connectivity index (χ4v) is 6.38. The maximum atomic E-state index is 13.4. The van der Waals surface area contributed by atoms with Crippen LogP contribution in [0.3, 0.4) is 0 Å². The van der Waals surface area contributed by atoms with Gasteiger partial charge in [-0.2, -0.15) is 0 Å². The maximum Gasteiger partial charge on any atom is 0.407 e. The third-order valence-electron chi connectivity index (χ3n) is 9.73. The summed E-state index contributed by atoms with van der Waals surface area (Å²) < 4.78 is 9.42. The lowest BCUT2D eigenvalue weighted by atomic mass is 10.0. The highest BCUT2D eigenvalue weighted by atomic mass is 16.5. The number of anilines is 2. The average molecular weight is 757 g/mol. The number of hydrogen-bond acceptors (Lipinski definition) is 8. The van der Waals surface area contributed by atoms with Gasteiger partial charge in [-0.15, -0.1) is 0 Å². The Morgan fingerprint density at radius 3 is 1.87 bits per heavy atom. The molecular weight excluding hydrogens is 704 g/mol. The van der Waals surface area contributed by atoms with Gasteiger partial charge in [-0.3, -0.25) is 19.2 Å². The molecule has 4 atom stereocenters. The van der Waals surface area contributed by atoms with Crippen molar-refractivity contribution in [3.8, 4) is 11.1 Å². The van der Waals surface area contributed by atoms with Gasteiger partial charge < -0.3 is 40.5 Å². The summed E-state index contributed by atoms with van der Waals surface area (Å²) in [4.78, 5) is 80.3. The number of likely N-dealkylation sites (N-methyl/N-ethyl adjacent to an activating group) is 1. The normalized spacial score (nSPS) is 15.3. The van der Waals surface area contributed by atoms with E-state index in [-0.39, 0.29) is 42.6 Å². The second kappa shape index (κ2) is 20.0. The third-order valence-corrected chi connectivity index (χ3v) is 9.73. The minimum absolute atomic E-state index is 0.177. The number of carbonyl (C=O) groups excluding carboxylic acids is 6. The van der Waals surface area contributed by atoms with Crippen LogP contribution in [0.25, 0.3) is 11.1 Å². The Labute approximate surface area is 322 Å². The third kappa shape index (κ3) is 11.3. The zero-order valence-corrected chi connectivity index (χ0v) is 32.3. The molecule has 1 aliphatic heterocycles. The van der Waals surface area contributed by atoms with Gasteiger partial charge >= 0.3 is 12.2 Å². The molecule has 0 spiro atoms. The highest BCUT2D eigenvalue weighted by Gasteiger charge is 2.36. The van der Waals surface area contributed by atoms with Crippen LogP contribution in [-0.4, -0.2) is 92.1 Å². The van der Waals surface area contributed by atoms with Crippen LogP contribution >= 0.6 is 0 Å². The van der Waals surface area contributed by atoms with E-state index in [9.17, 15) is 28.8 Å². The van der Waals surface area contributed by atoms with Crippen molar-refractivity contribution in [1.29, 1.82) is 0 Å². The van der Waals surface area contributed by atoms with Crippen LogP contribution in [0.4, 0.5) is 21.0 Å². The summed E-state index contributed by atoms with van der Waals surface area (Å²) in [6, 6.07) is 22.0. The zero-order valence-electron chi connectivity index (χ0n) is 32.3. The van der Waals surface area contributed by atoms with Crippen molar-refractivity contribution in [2.75, 3.05) is 51.0 Å². The standard InChI is InChI=1S/C41H52N6O8/c1-7-27(24-46(8-2)38(50)34(26(3)4)44-40(52)54-5)36(48)42-32-18-14-28(15-19-32)29-16-20-33(21-17-29)43-37(49)31-22-23-47(25-31)39(51)35(45-41(53)55-6)30-12-10-9-11-13-30/h9-21,26-27,31,34-35H,7-8,22-25H2,1-6H3,(H,42,48)(H,43,49)(H,44,52)(H,45,53)/t27-,31+,34-,35+/m0/s1.